The van der Waals surface area contributed by atoms with Crippen LogP contribution in [-0.4, -0.2) is 53.6 Å². The monoisotopic (exact) mass is 507 g/mol. The summed E-state index contributed by atoms with van der Waals surface area (Å²) in [5.74, 6) is -1.51. The van der Waals surface area contributed by atoms with Gasteiger partial charge in [-0.2, -0.15) is 13.2 Å². The van der Waals surface area contributed by atoms with Crippen molar-refractivity contribution >= 4 is 22.4 Å². The average molecular weight is 508 g/mol. The highest BCUT2D eigenvalue weighted by molar-refractivity contribution is 7.84. The maximum Gasteiger partial charge on any atom is 0.391 e. The minimum atomic E-state index is -4.09. The van der Waals surface area contributed by atoms with Gasteiger partial charge in [-0.15, -0.1) is 0 Å². The molecule has 2 atom stereocenters. The second-order valence-corrected chi connectivity index (χ2v) is 11.0. The Kier molecular flexibility index (Phi) is 7.86. The Morgan fingerprint density at radius 2 is 1.74 bits per heavy atom. The zero-order valence-electron chi connectivity index (χ0n) is 19.8. The molecule has 9 heteroatoms. The SMILES string of the molecule is CS(=O)c1cc(N2CCN(CC3CCC(C(F)(F)F)CC3)C(c3ccccc3)C2)ccc1C(N)=O. The van der Waals surface area contributed by atoms with E-state index in [1.54, 1.807) is 12.1 Å². The van der Waals surface area contributed by atoms with Crippen LogP contribution in [0.25, 0.3) is 0 Å². The number of carbonyl (C=O) groups is 1. The smallest absolute Gasteiger partial charge is 0.368 e. The van der Waals surface area contributed by atoms with E-state index in [4.69, 9.17) is 5.73 Å². The molecule has 4 rings (SSSR count). The van der Waals surface area contributed by atoms with Gasteiger partial charge in [0.05, 0.1) is 33.2 Å². The molecule has 2 N–H and O–H groups in total. The number of nitrogens with two attached hydrogens (primary N) is 1. The van der Waals surface area contributed by atoms with Crippen LogP contribution in [0, 0.1) is 11.8 Å². The average Bonchev–Trinajstić information content (AvgIpc) is 2.84. The fourth-order valence-corrected chi connectivity index (χ4v) is 6.18. The Morgan fingerprint density at radius 1 is 1.06 bits per heavy atom. The Bertz CT molecular complexity index is 1060. The lowest BCUT2D eigenvalue weighted by Gasteiger charge is -2.45. The van der Waals surface area contributed by atoms with E-state index in [0.29, 0.717) is 24.3 Å². The second-order valence-electron chi connectivity index (χ2n) is 9.63. The predicted molar refractivity (Wildman–Crippen MR) is 132 cm³/mol. The molecule has 0 spiro atoms. The molecule has 2 aliphatic rings. The molecule has 0 radical (unpaired) electrons. The van der Waals surface area contributed by atoms with Crippen LogP contribution in [0.5, 0.6) is 0 Å². The van der Waals surface area contributed by atoms with Crippen molar-refractivity contribution in [3.8, 4) is 0 Å². The van der Waals surface area contributed by atoms with Gasteiger partial charge in [-0.25, -0.2) is 0 Å². The van der Waals surface area contributed by atoms with Crippen LogP contribution < -0.4 is 10.6 Å². The van der Waals surface area contributed by atoms with E-state index < -0.39 is 28.8 Å². The summed E-state index contributed by atoms with van der Waals surface area (Å²) < 4.78 is 51.6. The van der Waals surface area contributed by atoms with Crippen molar-refractivity contribution in [3.05, 3.63) is 59.7 Å². The van der Waals surface area contributed by atoms with Gasteiger partial charge in [0.1, 0.15) is 0 Å². The molecule has 1 aliphatic heterocycles. The topological polar surface area (TPSA) is 66.6 Å². The van der Waals surface area contributed by atoms with Crippen LogP contribution in [0.15, 0.2) is 53.4 Å². The van der Waals surface area contributed by atoms with Crippen molar-refractivity contribution < 1.29 is 22.2 Å². The lowest BCUT2D eigenvalue weighted by molar-refractivity contribution is -0.184. The first-order valence-electron chi connectivity index (χ1n) is 12.0. The van der Waals surface area contributed by atoms with Crippen LogP contribution in [0.3, 0.4) is 0 Å². The van der Waals surface area contributed by atoms with E-state index >= 15 is 0 Å². The predicted octanol–water partition coefficient (Wildman–Crippen LogP) is 4.75. The number of amides is 1. The van der Waals surface area contributed by atoms with E-state index in [-0.39, 0.29) is 30.4 Å². The normalized spacial score (nSPS) is 24.8. The molecule has 0 aromatic heterocycles. The number of benzene rings is 2. The van der Waals surface area contributed by atoms with E-state index in [9.17, 15) is 22.2 Å². The van der Waals surface area contributed by atoms with Crippen molar-refractivity contribution in [3.63, 3.8) is 0 Å². The molecule has 2 unspecified atom stereocenters. The van der Waals surface area contributed by atoms with Gasteiger partial charge in [0.2, 0.25) is 5.91 Å². The molecule has 35 heavy (non-hydrogen) atoms. The van der Waals surface area contributed by atoms with Crippen molar-refractivity contribution in [1.82, 2.24) is 4.90 Å². The molecule has 1 saturated heterocycles. The summed E-state index contributed by atoms with van der Waals surface area (Å²) in [5, 5.41) is 0. The molecule has 1 heterocycles. The highest BCUT2D eigenvalue weighted by atomic mass is 32.2. The lowest BCUT2D eigenvalue weighted by Crippen LogP contribution is -2.50. The number of hydrogen-bond donors (Lipinski definition) is 1. The van der Waals surface area contributed by atoms with Gasteiger partial charge in [0.15, 0.2) is 0 Å². The molecule has 2 aromatic carbocycles. The Morgan fingerprint density at radius 3 is 2.34 bits per heavy atom. The van der Waals surface area contributed by atoms with Gasteiger partial charge in [0.25, 0.3) is 0 Å². The van der Waals surface area contributed by atoms with E-state index in [1.165, 1.54) is 6.26 Å². The molecular formula is C26H32F3N3O2S. The first-order valence-corrected chi connectivity index (χ1v) is 13.6. The highest BCUT2D eigenvalue weighted by Crippen LogP contribution is 2.40. The van der Waals surface area contributed by atoms with Crippen molar-refractivity contribution in [1.29, 1.82) is 0 Å². The second kappa shape index (κ2) is 10.7. The number of halogens is 3. The van der Waals surface area contributed by atoms with Gasteiger partial charge in [0, 0.05) is 38.1 Å². The zero-order chi connectivity index (χ0) is 25.2. The molecular weight excluding hydrogens is 475 g/mol. The third-order valence-electron chi connectivity index (χ3n) is 7.38. The van der Waals surface area contributed by atoms with Crippen LogP contribution in [-0.2, 0) is 10.8 Å². The number of anilines is 1. The standard InChI is InChI=1S/C26H32F3N3O2S/c1-35(34)24-15-21(11-12-22(24)25(30)33)31-13-14-32(23(17-31)19-5-3-2-4-6-19)16-18-7-9-20(10-8-18)26(27,28)29/h2-6,11-12,15,18,20,23H,7-10,13-14,16-17H2,1H3,(H2,30,33). The van der Waals surface area contributed by atoms with Gasteiger partial charge >= 0.3 is 6.18 Å². The third-order valence-corrected chi connectivity index (χ3v) is 8.34. The fraction of sp³-hybridized carbons (Fsp3) is 0.500. The molecule has 0 bridgehead atoms. The number of hydrogen-bond acceptors (Lipinski definition) is 4. The first-order chi connectivity index (χ1) is 16.6. The number of carbonyl (C=O) groups excluding carboxylic acids is 1. The fourth-order valence-electron chi connectivity index (χ4n) is 5.42. The summed E-state index contributed by atoms with van der Waals surface area (Å²) in [4.78, 5) is 16.8. The van der Waals surface area contributed by atoms with Crippen LogP contribution >= 0.6 is 0 Å². The van der Waals surface area contributed by atoms with Crippen LogP contribution in [0.1, 0.15) is 47.6 Å². The summed E-state index contributed by atoms with van der Waals surface area (Å²) in [6.45, 7) is 2.96. The largest absolute Gasteiger partial charge is 0.391 e. The highest BCUT2D eigenvalue weighted by Gasteiger charge is 2.42. The number of rotatable bonds is 6. The summed E-state index contributed by atoms with van der Waals surface area (Å²) in [6.07, 6.45) is -0.920. The van der Waals surface area contributed by atoms with Gasteiger partial charge in [-0.05, 0) is 55.4 Å². The molecule has 2 fully saturated rings. The molecule has 1 saturated carbocycles. The molecule has 5 nitrogen and oxygen atoms in total. The number of piperazine rings is 1. The van der Waals surface area contributed by atoms with E-state index in [0.717, 1.165) is 30.9 Å². The minimum Gasteiger partial charge on any atom is -0.368 e. The van der Waals surface area contributed by atoms with Crippen LogP contribution in [0.4, 0.5) is 18.9 Å². The maximum atomic E-state index is 13.1. The quantitative estimate of drug-likeness (QED) is 0.613. The maximum absolute atomic E-state index is 13.1. The number of nitrogens with zero attached hydrogens (tertiary/aromatic N) is 2. The number of primary amides is 1. The van der Waals surface area contributed by atoms with Crippen molar-refractivity contribution in [2.24, 2.45) is 17.6 Å². The summed E-state index contributed by atoms with van der Waals surface area (Å²) >= 11 is 0. The summed E-state index contributed by atoms with van der Waals surface area (Å²) in [5.41, 5.74) is 7.77. The lowest BCUT2D eigenvalue weighted by atomic mass is 9.81. The third kappa shape index (κ3) is 6.06. The first kappa shape index (κ1) is 25.7. The van der Waals surface area contributed by atoms with Gasteiger partial charge in [-0.3, -0.25) is 13.9 Å². The van der Waals surface area contributed by atoms with Gasteiger partial charge < -0.3 is 10.6 Å². The Balaban J connectivity index is 1.52. The van der Waals surface area contributed by atoms with E-state index in [1.807, 2.05) is 24.3 Å². The summed E-state index contributed by atoms with van der Waals surface area (Å²) in [7, 11) is -1.36. The van der Waals surface area contributed by atoms with Crippen LogP contribution in [0.2, 0.25) is 0 Å². The minimum absolute atomic E-state index is 0.0803. The summed E-state index contributed by atoms with van der Waals surface area (Å²) in [6, 6.07) is 15.5. The number of alkyl halides is 3. The molecule has 1 aliphatic carbocycles. The van der Waals surface area contributed by atoms with E-state index in [2.05, 4.69) is 21.9 Å². The zero-order valence-corrected chi connectivity index (χ0v) is 20.7. The molecule has 190 valence electrons. The van der Waals surface area contributed by atoms with Gasteiger partial charge in [-0.1, -0.05) is 30.3 Å². The molecule has 1 amide bonds. The Hall–Kier alpha value is -2.39. The van der Waals surface area contributed by atoms with Crippen molar-refractivity contribution in [2.75, 3.05) is 37.3 Å². The van der Waals surface area contributed by atoms with Crippen molar-refractivity contribution in [2.45, 2.75) is 42.8 Å². The Labute approximate surface area is 206 Å². The molecule has 2 aromatic rings.